The van der Waals surface area contributed by atoms with E-state index in [9.17, 15) is 9.00 Å². The molecule has 6 nitrogen and oxygen atoms in total. The summed E-state index contributed by atoms with van der Waals surface area (Å²) in [6.07, 6.45) is 2.67. The summed E-state index contributed by atoms with van der Waals surface area (Å²) in [5.41, 5.74) is 2.93. The lowest BCUT2D eigenvalue weighted by Crippen LogP contribution is -2.30. The molecule has 1 heterocycles. The average molecular weight is 362 g/mol. The monoisotopic (exact) mass is 362 g/mol. The Hall–Kier alpha value is -2.25. The van der Waals surface area contributed by atoms with E-state index in [-0.39, 0.29) is 12.5 Å². The number of rotatable bonds is 7. The van der Waals surface area contributed by atoms with Gasteiger partial charge in [0.25, 0.3) is 0 Å². The van der Waals surface area contributed by atoms with Gasteiger partial charge in [-0.25, -0.2) is 9.00 Å². The number of carbonyl (C=O) groups is 1. The number of hydrogen-bond donors (Lipinski definition) is 1. The first kappa shape index (κ1) is 19.1. The normalized spacial score (nSPS) is 12.0. The fraction of sp³-hybridized carbons (Fsp3) is 0.333. The summed E-state index contributed by atoms with van der Waals surface area (Å²) in [6.45, 7) is 6.21. The van der Waals surface area contributed by atoms with Gasteiger partial charge >= 0.3 is 6.09 Å². The largest absolute Gasteiger partial charge is 0.413 e. The zero-order chi connectivity index (χ0) is 18.2. The van der Waals surface area contributed by atoms with Crippen LogP contribution < -0.4 is 10.1 Å². The van der Waals surface area contributed by atoms with Crippen LogP contribution in [0.4, 0.5) is 4.79 Å². The molecule has 0 aliphatic rings. The van der Waals surface area contributed by atoms with Gasteiger partial charge in [0, 0.05) is 18.0 Å². The summed E-state index contributed by atoms with van der Waals surface area (Å²) in [6, 6.07) is 9.16. The van der Waals surface area contributed by atoms with E-state index < -0.39 is 17.2 Å². The van der Waals surface area contributed by atoms with Gasteiger partial charge in [0.1, 0.15) is 11.6 Å². The van der Waals surface area contributed by atoms with Crippen molar-refractivity contribution in [2.45, 2.75) is 33.3 Å². The van der Waals surface area contributed by atoms with Gasteiger partial charge in [-0.2, -0.15) is 0 Å². The molecule has 1 unspecified atom stereocenters. The number of benzene rings is 1. The van der Waals surface area contributed by atoms with Crippen LogP contribution in [0.1, 0.15) is 36.5 Å². The first-order valence-corrected chi connectivity index (χ1v) is 9.17. The highest BCUT2D eigenvalue weighted by molar-refractivity contribution is 7.80. The first-order chi connectivity index (χ1) is 12.0. The van der Waals surface area contributed by atoms with Gasteiger partial charge in [0.15, 0.2) is 11.1 Å². The van der Waals surface area contributed by atoms with Gasteiger partial charge < -0.3 is 10.1 Å². The molecule has 0 aliphatic carbocycles. The molecule has 0 saturated heterocycles. The molecule has 1 aromatic heterocycles. The highest BCUT2D eigenvalue weighted by atomic mass is 32.2. The number of nitrogens with one attached hydrogen (secondary N) is 1. The predicted molar refractivity (Wildman–Crippen MR) is 96.5 cm³/mol. The number of aromatic nitrogens is 1. The molecule has 7 heteroatoms. The van der Waals surface area contributed by atoms with Crippen LogP contribution in [-0.2, 0) is 21.9 Å². The first-order valence-electron chi connectivity index (χ1n) is 7.92. The van der Waals surface area contributed by atoms with Gasteiger partial charge in [-0.3, -0.25) is 9.17 Å². The highest BCUT2D eigenvalue weighted by Gasteiger charge is 2.09. The molecule has 2 aromatic rings. The minimum Gasteiger partial charge on any atom is -0.410 e. The zero-order valence-electron chi connectivity index (χ0n) is 14.5. The van der Waals surface area contributed by atoms with Crippen LogP contribution in [-0.4, -0.2) is 21.2 Å². The molecule has 0 saturated carbocycles. The third-order valence-corrected chi connectivity index (χ3v) is 4.32. The summed E-state index contributed by atoms with van der Waals surface area (Å²) in [4.78, 5) is 15.8. The van der Waals surface area contributed by atoms with Crippen molar-refractivity contribution < 1.29 is 17.9 Å². The Balaban J connectivity index is 1.77. The van der Waals surface area contributed by atoms with Gasteiger partial charge in [-0.1, -0.05) is 26.0 Å². The Morgan fingerprint density at radius 1 is 1.32 bits per heavy atom. The van der Waals surface area contributed by atoms with Crippen LogP contribution in [0.2, 0.25) is 0 Å². The summed E-state index contributed by atoms with van der Waals surface area (Å²) in [5.74, 6) is 0.631. The highest BCUT2D eigenvalue weighted by Crippen LogP contribution is 2.20. The quantitative estimate of drug-likeness (QED) is 0.816. The summed E-state index contributed by atoms with van der Waals surface area (Å²) in [7, 11) is 0. The molecule has 0 fully saturated rings. The smallest absolute Gasteiger partial charge is 0.410 e. The van der Waals surface area contributed by atoms with Crippen molar-refractivity contribution >= 4 is 17.2 Å². The molecule has 25 heavy (non-hydrogen) atoms. The van der Waals surface area contributed by atoms with E-state index in [1.165, 1.54) is 0 Å². The van der Waals surface area contributed by atoms with E-state index in [0.717, 1.165) is 16.7 Å². The van der Waals surface area contributed by atoms with Gasteiger partial charge in [-0.05, 0) is 42.2 Å². The molecule has 1 N–H and O–H groups in total. The van der Waals surface area contributed by atoms with Crippen LogP contribution >= 0.6 is 0 Å². The van der Waals surface area contributed by atoms with Crippen LogP contribution in [0.25, 0.3) is 0 Å². The minimum atomic E-state index is -1.66. The van der Waals surface area contributed by atoms with E-state index >= 15 is 0 Å². The van der Waals surface area contributed by atoms with Crippen molar-refractivity contribution in [3.63, 3.8) is 0 Å². The summed E-state index contributed by atoms with van der Waals surface area (Å²) in [5, 5.41) is 2.43. The summed E-state index contributed by atoms with van der Waals surface area (Å²) < 4.78 is 22.2. The molecule has 134 valence electrons. The molecule has 1 amide bonds. The lowest BCUT2D eigenvalue weighted by atomic mass is 10.0. The lowest BCUT2D eigenvalue weighted by molar-refractivity contribution is 0.201. The Bertz CT molecular complexity index is 749. The van der Waals surface area contributed by atoms with Crippen molar-refractivity contribution in [3.05, 3.63) is 59.4 Å². The Labute approximate surface area is 150 Å². The summed E-state index contributed by atoms with van der Waals surface area (Å²) >= 11 is -1.66. The van der Waals surface area contributed by atoms with Crippen molar-refractivity contribution in [1.82, 2.24) is 10.3 Å². The molecule has 0 radical (unpaired) electrons. The maximum atomic E-state index is 11.8. The number of nitrogens with zero attached hydrogens (tertiary/aromatic N) is 1. The van der Waals surface area contributed by atoms with Crippen molar-refractivity contribution in [1.29, 1.82) is 0 Å². The van der Waals surface area contributed by atoms with Gasteiger partial charge in [0.05, 0.1) is 6.61 Å². The van der Waals surface area contributed by atoms with Crippen LogP contribution in [0.3, 0.4) is 0 Å². The molecular weight excluding hydrogens is 340 g/mol. The van der Waals surface area contributed by atoms with Crippen LogP contribution in [0, 0.1) is 6.92 Å². The predicted octanol–water partition coefficient (Wildman–Crippen LogP) is 3.44. The van der Waals surface area contributed by atoms with Crippen LogP contribution in [0.15, 0.2) is 42.7 Å². The molecule has 0 spiro atoms. The fourth-order valence-electron chi connectivity index (χ4n) is 2.02. The van der Waals surface area contributed by atoms with E-state index in [0.29, 0.717) is 11.7 Å². The third kappa shape index (κ3) is 6.28. The molecule has 1 atom stereocenters. The number of carbonyl (C=O) groups excluding carboxylic acids is 1. The molecule has 0 aliphatic heterocycles. The van der Waals surface area contributed by atoms with Crippen LogP contribution in [0.5, 0.6) is 5.75 Å². The van der Waals surface area contributed by atoms with E-state index in [2.05, 4.69) is 24.1 Å². The molecule has 2 rings (SSSR count). The van der Waals surface area contributed by atoms with E-state index in [1.54, 1.807) is 18.5 Å². The fourth-order valence-corrected chi connectivity index (χ4v) is 2.59. The lowest BCUT2D eigenvalue weighted by Gasteiger charge is -2.10. The van der Waals surface area contributed by atoms with Gasteiger partial charge in [-0.15, -0.1) is 0 Å². The second-order valence-corrected chi connectivity index (χ2v) is 6.94. The average Bonchev–Trinajstić information content (AvgIpc) is 2.59. The van der Waals surface area contributed by atoms with Gasteiger partial charge in [0.2, 0.25) is 0 Å². The second-order valence-electron chi connectivity index (χ2n) is 5.81. The minimum absolute atomic E-state index is 0.151. The second kappa shape index (κ2) is 9.29. The standard InChI is InChI=1S/C18H22N2O4S/c1-13(2)15-5-4-6-17(9-15)24-18(21)20-12-25(22)23-11-16-10-19-8-7-14(16)3/h4-10,13H,11-12H2,1-3H3,(H,20,21). The molecular formula is C18H22N2O4S. The number of hydrogen-bond acceptors (Lipinski definition) is 5. The number of ether oxygens (including phenoxy) is 1. The van der Waals surface area contributed by atoms with Crippen molar-refractivity contribution in [2.75, 3.05) is 5.88 Å². The Morgan fingerprint density at radius 2 is 2.12 bits per heavy atom. The number of pyridine rings is 1. The SMILES string of the molecule is Cc1ccncc1COS(=O)CNC(=O)Oc1cccc(C(C)C)c1. The zero-order valence-corrected chi connectivity index (χ0v) is 15.3. The third-order valence-electron chi connectivity index (χ3n) is 3.56. The number of aryl methyl sites for hydroxylation is 1. The van der Waals surface area contributed by atoms with Crippen molar-refractivity contribution in [3.8, 4) is 5.75 Å². The maximum Gasteiger partial charge on any atom is 0.413 e. The van der Waals surface area contributed by atoms with E-state index in [1.807, 2.05) is 31.2 Å². The maximum absolute atomic E-state index is 11.8. The molecule has 0 bridgehead atoms. The number of amides is 1. The Kier molecular flexibility index (Phi) is 7.09. The Morgan fingerprint density at radius 3 is 2.84 bits per heavy atom. The molecule has 1 aromatic carbocycles. The van der Waals surface area contributed by atoms with E-state index in [4.69, 9.17) is 8.92 Å². The van der Waals surface area contributed by atoms with Crippen molar-refractivity contribution in [2.24, 2.45) is 0 Å². The topological polar surface area (TPSA) is 77.5 Å².